The van der Waals surface area contributed by atoms with Gasteiger partial charge in [-0.25, -0.2) is 14.2 Å². The van der Waals surface area contributed by atoms with Crippen molar-refractivity contribution >= 4 is 50.7 Å². The van der Waals surface area contributed by atoms with Crippen molar-refractivity contribution in [3.63, 3.8) is 0 Å². The minimum absolute atomic E-state index is 0.0344. The van der Waals surface area contributed by atoms with Gasteiger partial charge in [0.05, 0.1) is 23.1 Å². The summed E-state index contributed by atoms with van der Waals surface area (Å²) >= 11 is 4.46. The van der Waals surface area contributed by atoms with Crippen molar-refractivity contribution in [3.05, 3.63) is 110 Å². The van der Waals surface area contributed by atoms with Gasteiger partial charge < -0.3 is 19.3 Å². The molecule has 0 saturated heterocycles. The van der Waals surface area contributed by atoms with Crippen LogP contribution < -0.4 is 9.47 Å². The molecule has 0 unspecified atom stereocenters. The molecule has 0 aliphatic carbocycles. The number of carbonyl (C=O) groups is 2. The first-order valence-corrected chi connectivity index (χ1v) is 13.3. The molecule has 3 aromatic rings. The monoisotopic (exact) mass is 611 g/mol. The number of aliphatic hydroxyl groups excluding tert-OH is 1. The molecule has 0 bridgehead atoms. The number of amides is 1. The third kappa shape index (κ3) is 6.76. The smallest absolute Gasteiger partial charge is 0.344 e. The predicted molar refractivity (Wildman–Crippen MR) is 151 cm³/mol. The third-order valence-electron chi connectivity index (χ3n) is 5.42. The Morgan fingerprint density at radius 3 is 2.56 bits per heavy atom. The Hall–Kier alpha value is -3.89. The van der Waals surface area contributed by atoms with E-state index >= 15 is 0 Å². The fraction of sp³-hybridized carbons (Fsp3) is 0.138. The third-order valence-corrected chi connectivity index (χ3v) is 7.02. The molecule has 0 radical (unpaired) electrons. The van der Waals surface area contributed by atoms with E-state index in [1.807, 2.05) is 0 Å². The van der Waals surface area contributed by atoms with Crippen molar-refractivity contribution in [2.75, 3.05) is 13.7 Å². The summed E-state index contributed by atoms with van der Waals surface area (Å²) in [5, 5.41) is 11.0. The van der Waals surface area contributed by atoms with Crippen LogP contribution in [0.1, 0.15) is 28.4 Å². The number of benzene rings is 3. The summed E-state index contributed by atoms with van der Waals surface area (Å²) in [6, 6.07) is 17.9. The fourth-order valence-electron chi connectivity index (χ4n) is 3.63. The van der Waals surface area contributed by atoms with Crippen LogP contribution in [0, 0.1) is 5.82 Å². The number of methoxy groups -OCH3 is 1. The molecular formula is C29H23BrFNO6S. The number of esters is 1. The van der Waals surface area contributed by atoms with Crippen molar-refractivity contribution in [3.8, 4) is 11.5 Å². The zero-order chi connectivity index (χ0) is 27.9. The van der Waals surface area contributed by atoms with Crippen molar-refractivity contribution in [1.82, 2.24) is 0 Å². The van der Waals surface area contributed by atoms with Crippen LogP contribution in [0.4, 0.5) is 4.39 Å². The van der Waals surface area contributed by atoms with Crippen LogP contribution in [0.3, 0.4) is 0 Å². The maximum atomic E-state index is 13.5. The maximum absolute atomic E-state index is 13.5. The molecule has 4 rings (SSSR count). The lowest BCUT2D eigenvalue weighted by atomic mass is 10.1. The highest BCUT2D eigenvalue weighted by atomic mass is 79.9. The van der Waals surface area contributed by atoms with Crippen molar-refractivity contribution in [2.45, 2.75) is 13.5 Å². The van der Waals surface area contributed by atoms with Gasteiger partial charge >= 0.3 is 5.97 Å². The Bertz CT molecular complexity index is 1500. The van der Waals surface area contributed by atoms with E-state index in [2.05, 4.69) is 20.9 Å². The SMILES string of the molecule is CCOC(=O)C1=C(O)/C(=C/c2cc(Br)c(OCc3cccc(F)c3)c(OC)c2)SC1=NC(=O)c1ccccc1. The van der Waals surface area contributed by atoms with Gasteiger partial charge in [-0.1, -0.05) is 42.1 Å². The normalized spacial score (nSPS) is 15.1. The van der Waals surface area contributed by atoms with Crippen molar-refractivity contribution in [2.24, 2.45) is 4.99 Å². The average Bonchev–Trinajstić information content (AvgIpc) is 3.22. The first-order chi connectivity index (χ1) is 18.8. The van der Waals surface area contributed by atoms with Crippen LogP contribution in [-0.4, -0.2) is 35.7 Å². The van der Waals surface area contributed by atoms with E-state index in [-0.39, 0.29) is 35.4 Å². The van der Waals surface area contributed by atoms with Gasteiger partial charge in [-0.05, 0) is 76.5 Å². The van der Waals surface area contributed by atoms with Crippen LogP contribution in [0.2, 0.25) is 0 Å². The number of rotatable bonds is 8. The topological polar surface area (TPSA) is 94.4 Å². The maximum Gasteiger partial charge on any atom is 0.344 e. The standard InChI is InChI=1S/C29H23BrFNO6S/c1-3-37-29(35)24-25(33)23(39-28(24)32-27(34)19-9-5-4-6-10-19)15-18-13-21(30)26(22(14-18)36-2)38-16-17-8-7-11-20(31)12-17/h4-15,33H,3,16H2,1-2H3/b23-15-,32-28?. The van der Waals surface area contributed by atoms with Gasteiger partial charge in [-0.3, -0.25) is 4.79 Å². The van der Waals surface area contributed by atoms with Gasteiger partial charge in [0.25, 0.3) is 5.91 Å². The van der Waals surface area contributed by atoms with Crippen LogP contribution in [0.25, 0.3) is 6.08 Å². The van der Waals surface area contributed by atoms with Gasteiger partial charge in [0, 0.05) is 5.56 Å². The minimum Gasteiger partial charge on any atom is -0.506 e. The molecule has 39 heavy (non-hydrogen) atoms. The van der Waals surface area contributed by atoms with Gasteiger partial charge in [0.1, 0.15) is 28.8 Å². The summed E-state index contributed by atoms with van der Waals surface area (Å²) in [7, 11) is 1.48. The summed E-state index contributed by atoms with van der Waals surface area (Å²) in [6.07, 6.45) is 1.62. The number of hydrogen-bond donors (Lipinski definition) is 1. The lowest BCUT2D eigenvalue weighted by Crippen LogP contribution is -2.14. The van der Waals surface area contributed by atoms with E-state index in [9.17, 15) is 19.1 Å². The summed E-state index contributed by atoms with van der Waals surface area (Å²) < 4.78 is 30.6. The quantitative estimate of drug-likeness (QED) is 0.277. The van der Waals surface area contributed by atoms with Gasteiger partial charge in [-0.2, -0.15) is 0 Å². The Morgan fingerprint density at radius 1 is 1.10 bits per heavy atom. The van der Waals surface area contributed by atoms with E-state index in [0.29, 0.717) is 37.6 Å². The molecule has 1 amide bonds. The van der Waals surface area contributed by atoms with Crippen molar-refractivity contribution < 1.29 is 33.3 Å². The summed E-state index contributed by atoms with van der Waals surface area (Å²) in [6.45, 7) is 1.84. The number of thioether (sulfide) groups is 1. The number of nitrogens with zero attached hydrogens (tertiary/aromatic N) is 1. The molecule has 200 valence electrons. The van der Waals surface area contributed by atoms with Crippen LogP contribution in [0.5, 0.6) is 11.5 Å². The molecule has 0 saturated carbocycles. The lowest BCUT2D eigenvalue weighted by Gasteiger charge is -2.14. The second kappa shape index (κ2) is 12.8. The molecule has 10 heteroatoms. The highest BCUT2D eigenvalue weighted by Crippen LogP contribution is 2.42. The molecule has 0 aromatic heterocycles. The molecule has 1 aliphatic rings. The second-order valence-corrected chi connectivity index (χ2v) is 9.98. The summed E-state index contributed by atoms with van der Waals surface area (Å²) in [4.78, 5) is 29.8. The zero-order valence-corrected chi connectivity index (χ0v) is 23.3. The molecule has 0 atom stereocenters. The number of halogens is 2. The zero-order valence-electron chi connectivity index (χ0n) is 20.9. The highest BCUT2D eigenvalue weighted by molar-refractivity contribution is 9.10. The Morgan fingerprint density at radius 2 is 1.87 bits per heavy atom. The number of hydrogen-bond acceptors (Lipinski definition) is 7. The molecule has 3 aromatic carbocycles. The summed E-state index contributed by atoms with van der Waals surface area (Å²) in [5.74, 6) is -1.26. The average molecular weight is 612 g/mol. The Balaban J connectivity index is 1.66. The van der Waals surface area contributed by atoms with Gasteiger partial charge in [0.15, 0.2) is 11.5 Å². The first-order valence-electron chi connectivity index (χ1n) is 11.7. The van der Waals surface area contributed by atoms with Crippen LogP contribution in [-0.2, 0) is 16.1 Å². The summed E-state index contributed by atoms with van der Waals surface area (Å²) in [5.41, 5.74) is 1.41. The molecule has 1 N–H and O–H groups in total. The molecular weight excluding hydrogens is 589 g/mol. The van der Waals surface area contributed by atoms with E-state index in [1.54, 1.807) is 67.6 Å². The molecule has 0 spiro atoms. The number of aliphatic imine (C=N–C) groups is 1. The molecule has 0 fully saturated rings. The number of carbonyl (C=O) groups excluding carboxylic acids is 2. The van der Waals surface area contributed by atoms with Crippen LogP contribution in [0.15, 0.2) is 92.4 Å². The van der Waals surface area contributed by atoms with Crippen LogP contribution >= 0.6 is 27.7 Å². The fourth-order valence-corrected chi connectivity index (χ4v) is 5.21. The van der Waals surface area contributed by atoms with E-state index in [4.69, 9.17) is 14.2 Å². The molecule has 7 nitrogen and oxygen atoms in total. The molecule has 1 heterocycles. The Kier molecular flexibility index (Phi) is 9.21. The largest absolute Gasteiger partial charge is 0.506 e. The Labute approximate surface area is 237 Å². The van der Waals surface area contributed by atoms with Gasteiger partial charge in [-0.15, -0.1) is 0 Å². The predicted octanol–water partition coefficient (Wildman–Crippen LogP) is 6.88. The van der Waals surface area contributed by atoms with E-state index in [0.717, 1.165) is 11.8 Å². The number of aliphatic hydroxyl groups is 1. The van der Waals surface area contributed by atoms with Crippen molar-refractivity contribution in [1.29, 1.82) is 0 Å². The number of ether oxygens (including phenoxy) is 3. The molecule has 1 aliphatic heterocycles. The minimum atomic E-state index is -0.787. The second-order valence-electron chi connectivity index (χ2n) is 8.10. The highest BCUT2D eigenvalue weighted by Gasteiger charge is 2.34. The van der Waals surface area contributed by atoms with E-state index < -0.39 is 11.9 Å². The van der Waals surface area contributed by atoms with Gasteiger partial charge in [0.2, 0.25) is 0 Å². The first kappa shape index (κ1) is 28.1. The van der Waals surface area contributed by atoms with E-state index in [1.165, 1.54) is 19.2 Å². The lowest BCUT2D eigenvalue weighted by molar-refractivity contribution is -0.138.